The summed E-state index contributed by atoms with van der Waals surface area (Å²) in [5, 5.41) is 3.32. The number of piperazine rings is 1. The summed E-state index contributed by atoms with van der Waals surface area (Å²) in [6, 6.07) is 9.56. The molecular formula is C19H24N6O2. The highest BCUT2D eigenvalue weighted by Crippen LogP contribution is 2.20. The van der Waals surface area contributed by atoms with Crippen molar-refractivity contribution in [3.63, 3.8) is 0 Å². The van der Waals surface area contributed by atoms with E-state index in [1.54, 1.807) is 7.05 Å². The highest BCUT2D eigenvalue weighted by Gasteiger charge is 2.23. The number of benzene rings is 1. The van der Waals surface area contributed by atoms with Crippen molar-refractivity contribution < 1.29 is 0 Å². The van der Waals surface area contributed by atoms with E-state index in [0.29, 0.717) is 17.7 Å². The summed E-state index contributed by atoms with van der Waals surface area (Å²) >= 11 is 0. The van der Waals surface area contributed by atoms with E-state index in [4.69, 9.17) is 0 Å². The van der Waals surface area contributed by atoms with Crippen LogP contribution in [-0.4, -0.2) is 44.9 Å². The number of hydrogen-bond donors (Lipinski definition) is 1. The van der Waals surface area contributed by atoms with E-state index in [-0.39, 0.29) is 17.8 Å². The van der Waals surface area contributed by atoms with Crippen LogP contribution in [0.15, 0.2) is 39.9 Å². The standard InChI is InChI=1S/C19H24N6O2/c1-3-24-15-16(21-18(24)23-11-9-20-10-12-23)22(2)19(27)25(17(15)26)13-14-7-5-4-6-8-14/h4-8,20H,3,9-13H2,1-2H3. The first kappa shape index (κ1) is 17.5. The van der Waals surface area contributed by atoms with Crippen molar-refractivity contribution in [1.82, 2.24) is 24.0 Å². The number of rotatable bonds is 4. The van der Waals surface area contributed by atoms with Gasteiger partial charge in [0.2, 0.25) is 5.95 Å². The lowest BCUT2D eigenvalue weighted by Crippen LogP contribution is -2.44. The molecule has 0 aliphatic carbocycles. The number of fused-ring (bicyclic) bond motifs is 1. The van der Waals surface area contributed by atoms with Gasteiger partial charge in [0.1, 0.15) is 0 Å². The summed E-state index contributed by atoms with van der Waals surface area (Å²) in [5.41, 5.74) is 1.23. The van der Waals surface area contributed by atoms with E-state index in [0.717, 1.165) is 37.7 Å². The Morgan fingerprint density at radius 2 is 1.78 bits per heavy atom. The molecule has 0 spiro atoms. The molecule has 0 radical (unpaired) electrons. The summed E-state index contributed by atoms with van der Waals surface area (Å²) in [5.74, 6) is 0.763. The fourth-order valence-corrected chi connectivity index (χ4v) is 3.67. The smallest absolute Gasteiger partial charge is 0.332 e. The maximum atomic E-state index is 13.2. The number of hydrogen-bond acceptors (Lipinski definition) is 5. The van der Waals surface area contributed by atoms with E-state index < -0.39 is 0 Å². The predicted molar refractivity (Wildman–Crippen MR) is 106 cm³/mol. The molecule has 0 amide bonds. The Morgan fingerprint density at radius 3 is 2.44 bits per heavy atom. The van der Waals surface area contributed by atoms with Crippen LogP contribution in [0.1, 0.15) is 12.5 Å². The van der Waals surface area contributed by atoms with Crippen LogP contribution >= 0.6 is 0 Å². The van der Waals surface area contributed by atoms with Crippen molar-refractivity contribution in [3.05, 3.63) is 56.7 Å². The minimum atomic E-state index is -0.344. The average Bonchev–Trinajstić information content (AvgIpc) is 3.11. The Hall–Kier alpha value is -2.87. The van der Waals surface area contributed by atoms with Crippen molar-refractivity contribution in [2.75, 3.05) is 31.1 Å². The lowest BCUT2D eigenvalue weighted by atomic mass is 10.2. The van der Waals surface area contributed by atoms with Gasteiger partial charge in [0.15, 0.2) is 11.2 Å². The Morgan fingerprint density at radius 1 is 1.07 bits per heavy atom. The zero-order valence-electron chi connectivity index (χ0n) is 15.7. The van der Waals surface area contributed by atoms with Crippen molar-refractivity contribution >= 4 is 17.1 Å². The monoisotopic (exact) mass is 368 g/mol. The largest absolute Gasteiger partial charge is 0.340 e. The van der Waals surface area contributed by atoms with Gasteiger partial charge in [-0.25, -0.2) is 4.79 Å². The van der Waals surface area contributed by atoms with Gasteiger partial charge in [0.25, 0.3) is 5.56 Å². The van der Waals surface area contributed by atoms with Gasteiger partial charge in [0, 0.05) is 39.8 Å². The average molecular weight is 368 g/mol. The molecule has 1 aliphatic rings. The Kier molecular flexibility index (Phi) is 4.57. The van der Waals surface area contributed by atoms with E-state index in [1.165, 1.54) is 9.13 Å². The summed E-state index contributed by atoms with van der Waals surface area (Å²) < 4.78 is 4.72. The van der Waals surface area contributed by atoms with Crippen molar-refractivity contribution in [2.24, 2.45) is 7.05 Å². The molecule has 2 aromatic heterocycles. The van der Waals surface area contributed by atoms with Crippen molar-refractivity contribution in [3.8, 4) is 0 Å². The fraction of sp³-hybridized carbons (Fsp3) is 0.421. The first-order valence-electron chi connectivity index (χ1n) is 9.31. The topological polar surface area (TPSA) is 77.1 Å². The van der Waals surface area contributed by atoms with E-state index in [9.17, 15) is 9.59 Å². The van der Waals surface area contributed by atoms with Crippen LogP contribution in [0.2, 0.25) is 0 Å². The number of imidazole rings is 1. The molecule has 0 bridgehead atoms. The molecule has 1 aliphatic heterocycles. The molecule has 0 unspecified atom stereocenters. The number of nitrogens with one attached hydrogen (secondary N) is 1. The minimum Gasteiger partial charge on any atom is -0.340 e. The molecule has 8 heteroatoms. The third-order valence-corrected chi connectivity index (χ3v) is 5.11. The summed E-state index contributed by atoms with van der Waals surface area (Å²) in [6.07, 6.45) is 0. The molecule has 1 aromatic carbocycles. The minimum absolute atomic E-state index is 0.250. The third-order valence-electron chi connectivity index (χ3n) is 5.11. The maximum Gasteiger partial charge on any atom is 0.332 e. The number of aromatic nitrogens is 4. The van der Waals surface area contributed by atoms with Crippen LogP contribution in [0.25, 0.3) is 11.2 Å². The second-order valence-corrected chi connectivity index (χ2v) is 6.78. The second-order valence-electron chi connectivity index (χ2n) is 6.78. The van der Waals surface area contributed by atoms with Gasteiger partial charge in [-0.05, 0) is 12.5 Å². The van der Waals surface area contributed by atoms with Crippen molar-refractivity contribution in [1.29, 1.82) is 0 Å². The summed E-state index contributed by atoms with van der Waals surface area (Å²) in [7, 11) is 1.68. The van der Waals surface area contributed by atoms with E-state index in [1.807, 2.05) is 41.8 Å². The van der Waals surface area contributed by atoms with Crippen LogP contribution in [-0.2, 0) is 20.1 Å². The van der Waals surface area contributed by atoms with E-state index in [2.05, 4.69) is 15.2 Å². The van der Waals surface area contributed by atoms with Gasteiger partial charge in [-0.2, -0.15) is 4.98 Å². The molecule has 1 saturated heterocycles. The van der Waals surface area contributed by atoms with Gasteiger partial charge in [-0.1, -0.05) is 30.3 Å². The molecular weight excluding hydrogens is 344 g/mol. The molecule has 8 nitrogen and oxygen atoms in total. The molecule has 142 valence electrons. The molecule has 0 saturated carbocycles. The molecule has 1 N–H and O–H groups in total. The Bertz CT molecular complexity index is 1070. The quantitative estimate of drug-likeness (QED) is 0.720. The second kappa shape index (κ2) is 7.03. The highest BCUT2D eigenvalue weighted by molar-refractivity contribution is 5.74. The number of anilines is 1. The molecule has 27 heavy (non-hydrogen) atoms. The third kappa shape index (κ3) is 2.95. The van der Waals surface area contributed by atoms with Gasteiger partial charge >= 0.3 is 5.69 Å². The first-order valence-corrected chi connectivity index (χ1v) is 9.31. The van der Waals surface area contributed by atoms with Gasteiger partial charge in [0.05, 0.1) is 6.54 Å². The molecule has 3 heterocycles. The molecule has 0 atom stereocenters. The van der Waals surface area contributed by atoms with Crippen LogP contribution in [0.3, 0.4) is 0 Å². The number of aryl methyl sites for hydroxylation is 2. The molecule has 1 fully saturated rings. The first-order chi connectivity index (χ1) is 13.1. The summed E-state index contributed by atoms with van der Waals surface area (Å²) in [4.78, 5) is 32.9. The lowest BCUT2D eigenvalue weighted by Gasteiger charge is -2.28. The SMILES string of the molecule is CCn1c(N2CCNCC2)nc2c1c(=O)n(Cc1ccccc1)c(=O)n2C. The Balaban J connectivity index is 1.92. The molecule has 4 rings (SSSR count). The Labute approximate surface area is 156 Å². The van der Waals surface area contributed by atoms with Gasteiger partial charge < -0.3 is 14.8 Å². The molecule has 3 aromatic rings. The summed E-state index contributed by atoms with van der Waals surface area (Å²) in [6.45, 7) is 6.28. The van der Waals surface area contributed by atoms with E-state index >= 15 is 0 Å². The zero-order valence-corrected chi connectivity index (χ0v) is 15.7. The van der Waals surface area contributed by atoms with Crippen molar-refractivity contribution in [2.45, 2.75) is 20.0 Å². The van der Waals surface area contributed by atoms with Gasteiger partial charge in [-0.3, -0.25) is 13.9 Å². The zero-order chi connectivity index (χ0) is 19.0. The van der Waals surface area contributed by atoms with Gasteiger partial charge in [-0.15, -0.1) is 0 Å². The maximum absolute atomic E-state index is 13.2. The fourth-order valence-electron chi connectivity index (χ4n) is 3.67. The normalized spacial score (nSPS) is 14.8. The predicted octanol–water partition coefficient (Wildman–Crippen LogP) is 0.375. The van der Waals surface area contributed by atoms with Crippen LogP contribution < -0.4 is 21.5 Å². The van der Waals surface area contributed by atoms with Crippen LogP contribution in [0.5, 0.6) is 0 Å². The van der Waals surface area contributed by atoms with Crippen LogP contribution in [0, 0.1) is 0 Å². The lowest BCUT2D eigenvalue weighted by molar-refractivity contribution is 0.569. The highest BCUT2D eigenvalue weighted by atomic mass is 16.2. The van der Waals surface area contributed by atoms with Crippen LogP contribution in [0.4, 0.5) is 5.95 Å². The number of nitrogens with zero attached hydrogens (tertiary/aromatic N) is 5.